The Morgan fingerprint density at radius 1 is 1.07 bits per heavy atom. The summed E-state index contributed by atoms with van der Waals surface area (Å²) in [7, 11) is 0. The molecule has 1 atom stereocenters. The minimum atomic E-state index is -0.873. The number of aromatic nitrogens is 3. The van der Waals surface area contributed by atoms with Gasteiger partial charge < -0.3 is 10.1 Å². The quantitative estimate of drug-likeness (QED) is 0.452. The molecule has 0 bridgehead atoms. The molecular formula is C22H24N4O3S. The topological polar surface area (TPSA) is 86.1 Å². The third-order valence-corrected chi connectivity index (χ3v) is 5.20. The number of benzene rings is 2. The molecule has 3 aromatic rings. The molecule has 156 valence electrons. The van der Waals surface area contributed by atoms with Crippen molar-refractivity contribution in [2.45, 2.75) is 38.5 Å². The first-order chi connectivity index (χ1) is 14.4. The van der Waals surface area contributed by atoms with E-state index in [4.69, 9.17) is 4.74 Å². The van der Waals surface area contributed by atoms with Gasteiger partial charge in [-0.3, -0.25) is 9.36 Å². The Kier molecular flexibility index (Phi) is 6.89. The zero-order valence-corrected chi connectivity index (χ0v) is 18.2. The first kappa shape index (κ1) is 21.6. The zero-order valence-electron chi connectivity index (χ0n) is 17.4. The average molecular weight is 425 g/mol. The molecule has 3 rings (SSSR count). The second kappa shape index (κ2) is 9.58. The van der Waals surface area contributed by atoms with Gasteiger partial charge in [0.2, 0.25) is 0 Å². The van der Waals surface area contributed by atoms with Crippen molar-refractivity contribution in [1.29, 1.82) is 0 Å². The summed E-state index contributed by atoms with van der Waals surface area (Å²) in [6, 6.07) is 14.4. The van der Waals surface area contributed by atoms with Crippen LogP contribution in [0.1, 0.15) is 35.1 Å². The molecule has 0 aliphatic heterocycles. The largest absolute Gasteiger partial charge is 0.449 e. The number of thioether (sulfide) groups is 1. The number of amides is 1. The molecule has 0 aliphatic carbocycles. The van der Waals surface area contributed by atoms with Crippen molar-refractivity contribution in [2.75, 3.05) is 11.6 Å². The molecule has 2 aromatic carbocycles. The van der Waals surface area contributed by atoms with Crippen LogP contribution in [0, 0.1) is 13.8 Å². The van der Waals surface area contributed by atoms with E-state index in [0.29, 0.717) is 17.7 Å². The zero-order chi connectivity index (χ0) is 21.7. The number of carbonyl (C=O) groups excluding carboxylic acids is 2. The first-order valence-corrected chi connectivity index (χ1v) is 10.8. The van der Waals surface area contributed by atoms with Crippen LogP contribution < -0.4 is 5.32 Å². The molecule has 0 saturated heterocycles. The lowest BCUT2D eigenvalue weighted by molar-refractivity contribution is -0.124. The summed E-state index contributed by atoms with van der Waals surface area (Å²) in [4.78, 5) is 25.1. The van der Waals surface area contributed by atoms with E-state index in [9.17, 15) is 9.59 Å². The molecule has 8 heteroatoms. The molecular weight excluding hydrogens is 400 g/mol. The highest BCUT2D eigenvalue weighted by atomic mass is 32.2. The average Bonchev–Trinajstić information content (AvgIpc) is 3.14. The number of carbonyl (C=O) groups is 2. The highest BCUT2D eigenvalue weighted by Crippen LogP contribution is 2.20. The normalized spacial score (nSPS) is 11.7. The lowest BCUT2D eigenvalue weighted by atomic mass is 10.2. The molecule has 1 heterocycles. The van der Waals surface area contributed by atoms with Crippen molar-refractivity contribution in [3.05, 3.63) is 65.5 Å². The molecule has 0 aliphatic rings. The summed E-state index contributed by atoms with van der Waals surface area (Å²) >= 11 is 1.49. The van der Waals surface area contributed by atoms with E-state index in [2.05, 4.69) is 15.5 Å². The fourth-order valence-electron chi connectivity index (χ4n) is 2.90. The van der Waals surface area contributed by atoms with Crippen molar-refractivity contribution in [3.63, 3.8) is 0 Å². The second-order valence-corrected chi connectivity index (χ2v) is 7.55. The first-order valence-electron chi connectivity index (χ1n) is 9.58. The SMILES string of the molecule is CCC(OC(=O)c1ccc(-n2c(C)nnc2SC)cc1)C(=O)Nc1ccc(C)cc1. The van der Waals surface area contributed by atoms with Gasteiger partial charge in [0.05, 0.1) is 5.56 Å². The number of nitrogens with zero attached hydrogens (tertiary/aromatic N) is 3. The van der Waals surface area contributed by atoms with E-state index in [1.807, 2.05) is 48.9 Å². The van der Waals surface area contributed by atoms with Gasteiger partial charge in [0, 0.05) is 11.4 Å². The number of esters is 1. The van der Waals surface area contributed by atoms with Crippen LogP contribution in [0.5, 0.6) is 0 Å². The number of nitrogens with one attached hydrogen (secondary N) is 1. The third kappa shape index (κ3) is 4.88. The van der Waals surface area contributed by atoms with Gasteiger partial charge in [0.15, 0.2) is 11.3 Å². The third-order valence-electron chi connectivity index (χ3n) is 4.57. The lowest BCUT2D eigenvalue weighted by Crippen LogP contribution is -2.32. The molecule has 0 radical (unpaired) electrons. The lowest BCUT2D eigenvalue weighted by Gasteiger charge is -2.16. The Hall–Kier alpha value is -3.13. The predicted molar refractivity (Wildman–Crippen MR) is 117 cm³/mol. The summed E-state index contributed by atoms with van der Waals surface area (Å²) in [6.45, 7) is 5.64. The standard InChI is InChI=1S/C22H24N4O3S/c1-5-19(20(27)23-17-10-6-14(2)7-11-17)29-21(28)16-8-12-18(13-9-16)26-15(3)24-25-22(26)30-4/h6-13,19H,5H2,1-4H3,(H,23,27). The summed E-state index contributed by atoms with van der Waals surface area (Å²) in [6.07, 6.45) is 1.43. The fraction of sp³-hybridized carbons (Fsp3) is 0.273. The Labute approximate surface area is 179 Å². The van der Waals surface area contributed by atoms with E-state index in [-0.39, 0.29) is 5.91 Å². The van der Waals surface area contributed by atoms with Crippen molar-refractivity contribution < 1.29 is 14.3 Å². The number of aryl methyl sites for hydroxylation is 2. The Balaban J connectivity index is 1.68. The smallest absolute Gasteiger partial charge is 0.338 e. The van der Waals surface area contributed by atoms with E-state index in [1.54, 1.807) is 31.2 Å². The summed E-state index contributed by atoms with van der Waals surface area (Å²) in [5, 5.41) is 11.8. The molecule has 1 aromatic heterocycles. The van der Waals surface area contributed by atoms with Crippen LogP contribution in [0.2, 0.25) is 0 Å². The van der Waals surface area contributed by atoms with Crippen LogP contribution in [0.15, 0.2) is 53.7 Å². The highest BCUT2D eigenvalue weighted by Gasteiger charge is 2.22. The molecule has 30 heavy (non-hydrogen) atoms. The second-order valence-electron chi connectivity index (χ2n) is 6.77. The van der Waals surface area contributed by atoms with E-state index >= 15 is 0 Å². The maximum atomic E-state index is 12.6. The number of ether oxygens (including phenoxy) is 1. The predicted octanol–water partition coefficient (Wildman–Crippen LogP) is 4.18. The summed E-state index contributed by atoms with van der Waals surface area (Å²) < 4.78 is 7.36. The van der Waals surface area contributed by atoms with Gasteiger partial charge in [-0.1, -0.05) is 36.4 Å². The molecule has 1 amide bonds. The van der Waals surface area contributed by atoms with E-state index in [1.165, 1.54) is 11.8 Å². The highest BCUT2D eigenvalue weighted by molar-refractivity contribution is 7.98. The molecule has 0 fully saturated rings. The molecule has 7 nitrogen and oxygen atoms in total. The fourth-order valence-corrected chi connectivity index (χ4v) is 3.44. The van der Waals surface area contributed by atoms with Gasteiger partial charge in [-0.2, -0.15) is 0 Å². The van der Waals surface area contributed by atoms with Gasteiger partial charge in [-0.25, -0.2) is 4.79 Å². The van der Waals surface area contributed by atoms with Crippen LogP contribution in [-0.4, -0.2) is 39.0 Å². The Bertz CT molecular complexity index is 1030. The van der Waals surface area contributed by atoms with Crippen molar-refractivity contribution >= 4 is 29.3 Å². The van der Waals surface area contributed by atoms with Gasteiger partial charge in [-0.15, -0.1) is 10.2 Å². The number of anilines is 1. The minimum absolute atomic E-state index is 0.351. The van der Waals surface area contributed by atoms with Crippen LogP contribution in [0.3, 0.4) is 0 Å². The van der Waals surface area contributed by atoms with Crippen molar-refractivity contribution in [1.82, 2.24) is 14.8 Å². The summed E-state index contributed by atoms with van der Waals surface area (Å²) in [5.41, 5.74) is 2.99. The van der Waals surface area contributed by atoms with Gasteiger partial charge in [0.1, 0.15) is 5.82 Å². The van der Waals surface area contributed by atoms with Crippen LogP contribution in [-0.2, 0) is 9.53 Å². The molecule has 0 saturated carbocycles. The molecule has 0 spiro atoms. The van der Waals surface area contributed by atoms with E-state index in [0.717, 1.165) is 22.2 Å². The maximum Gasteiger partial charge on any atom is 0.338 e. The van der Waals surface area contributed by atoms with Crippen LogP contribution in [0.25, 0.3) is 5.69 Å². The Morgan fingerprint density at radius 3 is 2.33 bits per heavy atom. The van der Waals surface area contributed by atoms with Crippen molar-refractivity contribution in [2.24, 2.45) is 0 Å². The van der Waals surface area contributed by atoms with Gasteiger partial charge in [0.25, 0.3) is 5.91 Å². The Morgan fingerprint density at radius 2 is 1.73 bits per heavy atom. The van der Waals surface area contributed by atoms with Gasteiger partial charge >= 0.3 is 5.97 Å². The number of hydrogen-bond acceptors (Lipinski definition) is 6. The monoisotopic (exact) mass is 424 g/mol. The van der Waals surface area contributed by atoms with Crippen LogP contribution in [0.4, 0.5) is 5.69 Å². The van der Waals surface area contributed by atoms with E-state index < -0.39 is 12.1 Å². The summed E-state index contributed by atoms with van der Waals surface area (Å²) in [5.74, 6) is -0.137. The van der Waals surface area contributed by atoms with Crippen LogP contribution >= 0.6 is 11.8 Å². The molecule has 1 unspecified atom stereocenters. The van der Waals surface area contributed by atoms with Crippen molar-refractivity contribution in [3.8, 4) is 5.69 Å². The number of rotatable bonds is 7. The number of hydrogen-bond donors (Lipinski definition) is 1. The maximum absolute atomic E-state index is 12.6. The minimum Gasteiger partial charge on any atom is -0.449 e. The van der Waals surface area contributed by atoms with Gasteiger partial charge in [-0.05, 0) is 62.9 Å². The molecule has 1 N–H and O–H groups in total.